The minimum absolute atomic E-state index is 0.0168. The minimum Gasteiger partial charge on any atom is -0.368 e. The van der Waals surface area contributed by atoms with Gasteiger partial charge in [-0.2, -0.15) is 0 Å². The summed E-state index contributed by atoms with van der Waals surface area (Å²) >= 11 is 6.03. The third kappa shape index (κ3) is 6.09. The van der Waals surface area contributed by atoms with Crippen molar-refractivity contribution in [2.45, 2.75) is 19.0 Å². The summed E-state index contributed by atoms with van der Waals surface area (Å²) in [6.07, 6.45) is 0.452. The molecule has 182 valence electrons. The summed E-state index contributed by atoms with van der Waals surface area (Å²) in [5, 5.41) is 6.81. The third-order valence-electron chi connectivity index (χ3n) is 6.53. The van der Waals surface area contributed by atoms with Gasteiger partial charge in [-0.05, 0) is 43.4 Å². The molecule has 1 unspecified atom stereocenters. The quantitative estimate of drug-likeness (QED) is 0.601. The number of hydrogen-bond acceptors (Lipinski definition) is 5. The van der Waals surface area contributed by atoms with Gasteiger partial charge >= 0.3 is 0 Å². The predicted octanol–water partition coefficient (Wildman–Crippen LogP) is 2.00. The van der Waals surface area contributed by atoms with Crippen molar-refractivity contribution in [1.29, 1.82) is 0 Å². The van der Waals surface area contributed by atoms with Crippen LogP contribution in [0.2, 0.25) is 5.02 Å². The fourth-order valence-corrected chi connectivity index (χ4v) is 4.63. The summed E-state index contributed by atoms with van der Waals surface area (Å²) in [7, 11) is 4.14. The van der Waals surface area contributed by atoms with Crippen molar-refractivity contribution >= 4 is 29.1 Å². The molecule has 0 spiro atoms. The molecule has 4 rings (SSSR count). The van der Waals surface area contributed by atoms with Crippen LogP contribution in [0.1, 0.15) is 11.1 Å². The van der Waals surface area contributed by atoms with Gasteiger partial charge in [-0.15, -0.1) is 0 Å². The zero-order valence-electron chi connectivity index (χ0n) is 20.0. The van der Waals surface area contributed by atoms with E-state index in [1.807, 2.05) is 29.2 Å². The molecule has 2 heterocycles. The molecule has 2 aliphatic rings. The van der Waals surface area contributed by atoms with Crippen LogP contribution in [0.5, 0.6) is 0 Å². The van der Waals surface area contributed by atoms with Gasteiger partial charge in [0, 0.05) is 62.9 Å². The highest BCUT2D eigenvalue weighted by Crippen LogP contribution is 2.23. The molecule has 2 N–H and O–H groups in total. The van der Waals surface area contributed by atoms with Crippen molar-refractivity contribution in [1.82, 2.24) is 20.4 Å². The molecule has 7 nitrogen and oxygen atoms in total. The number of para-hydroxylation sites is 1. The van der Waals surface area contributed by atoms with Gasteiger partial charge in [-0.1, -0.05) is 41.9 Å². The Balaban J connectivity index is 1.42. The molecule has 0 bridgehead atoms. The van der Waals surface area contributed by atoms with Crippen LogP contribution in [0, 0.1) is 5.92 Å². The summed E-state index contributed by atoms with van der Waals surface area (Å²) in [4.78, 5) is 32.6. The largest absolute Gasteiger partial charge is 0.368 e. The number of carbonyl (C=O) groups excluding carboxylic acids is 2. The first-order valence-corrected chi connectivity index (χ1v) is 12.3. The molecule has 2 aliphatic heterocycles. The fourth-order valence-electron chi connectivity index (χ4n) is 4.50. The Morgan fingerprint density at radius 1 is 1.06 bits per heavy atom. The first-order chi connectivity index (χ1) is 16.4. The number of nitrogens with one attached hydrogen (secondary N) is 2. The molecular weight excluding hydrogens is 450 g/mol. The Morgan fingerprint density at radius 3 is 2.35 bits per heavy atom. The van der Waals surface area contributed by atoms with Crippen molar-refractivity contribution in [2.75, 3.05) is 58.3 Å². The van der Waals surface area contributed by atoms with E-state index in [1.54, 1.807) is 0 Å². The smallest absolute Gasteiger partial charge is 0.245 e. The maximum absolute atomic E-state index is 13.5. The number of nitrogens with zero attached hydrogens (tertiary/aromatic N) is 3. The van der Waals surface area contributed by atoms with Crippen LogP contribution in [0.25, 0.3) is 0 Å². The van der Waals surface area contributed by atoms with Crippen LogP contribution in [0.3, 0.4) is 0 Å². The highest BCUT2D eigenvalue weighted by atomic mass is 35.5. The van der Waals surface area contributed by atoms with Crippen molar-refractivity contribution in [3.8, 4) is 0 Å². The number of amides is 2. The number of halogens is 1. The maximum atomic E-state index is 13.5. The standard InChI is InChI=1S/C26H34ClN5O2/c1-30(2)18-20-5-3-4-6-24(20)31-11-13-32(14-12-31)26(34)23(29-25(33)21-16-28-17-21)15-19-7-9-22(27)10-8-19/h3-10,21,23,28H,11-18H2,1-2H3,(H,29,33). The number of rotatable bonds is 8. The topological polar surface area (TPSA) is 67.9 Å². The summed E-state index contributed by atoms with van der Waals surface area (Å²) < 4.78 is 0. The lowest BCUT2D eigenvalue weighted by Gasteiger charge is -2.39. The molecule has 2 saturated heterocycles. The van der Waals surface area contributed by atoms with Gasteiger partial charge in [-0.3, -0.25) is 9.59 Å². The predicted molar refractivity (Wildman–Crippen MR) is 136 cm³/mol. The van der Waals surface area contributed by atoms with E-state index >= 15 is 0 Å². The van der Waals surface area contributed by atoms with Gasteiger partial charge in [0.05, 0.1) is 5.92 Å². The normalized spacial score (nSPS) is 17.4. The lowest BCUT2D eigenvalue weighted by molar-refractivity contribution is -0.138. The average molecular weight is 484 g/mol. The van der Waals surface area contributed by atoms with Crippen molar-refractivity contribution in [3.05, 3.63) is 64.7 Å². The zero-order valence-corrected chi connectivity index (χ0v) is 20.7. The van der Waals surface area contributed by atoms with E-state index in [4.69, 9.17) is 11.6 Å². The molecule has 1 atom stereocenters. The summed E-state index contributed by atoms with van der Waals surface area (Å²) in [6, 6.07) is 15.4. The number of hydrogen-bond donors (Lipinski definition) is 2. The highest BCUT2D eigenvalue weighted by molar-refractivity contribution is 6.30. The van der Waals surface area contributed by atoms with Gasteiger partial charge in [0.25, 0.3) is 0 Å². The monoisotopic (exact) mass is 483 g/mol. The first kappa shape index (κ1) is 24.5. The van der Waals surface area contributed by atoms with E-state index in [0.717, 1.165) is 25.2 Å². The molecule has 34 heavy (non-hydrogen) atoms. The lowest BCUT2D eigenvalue weighted by atomic mass is 9.99. The molecular formula is C26H34ClN5O2. The van der Waals surface area contributed by atoms with E-state index in [2.05, 4.69) is 58.8 Å². The molecule has 8 heteroatoms. The SMILES string of the molecule is CN(C)Cc1ccccc1N1CCN(C(=O)C(Cc2ccc(Cl)cc2)NC(=O)C2CNC2)CC1. The van der Waals surface area contributed by atoms with E-state index in [0.29, 0.717) is 37.6 Å². The zero-order chi connectivity index (χ0) is 24.1. The van der Waals surface area contributed by atoms with Crippen LogP contribution >= 0.6 is 11.6 Å². The molecule has 2 amide bonds. The Labute approximate surface area is 207 Å². The van der Waals surface area contributed by atoms with Crippen LogP contribution in [0.15, 0.2) is 48.5 Å². The third-order valence-corrected chi connectivity index (χ3v) is 6.78. The number of carbonyl (C=O) groups is 2. The number of benzene rings is 2. The van der Waals surface area contributed by atoms with Gasteiger partial charge in [-0.25, -0.2) is 0 Å². The molecule has 0 aromatic heterocycles. The second kappa shape index (κ2) is 11.2. The van der Waals surface area contributed by atoms with Crippen LogP contribution < -0.4 is 15.5 Å². The Hall–Kier alpha value is -2.61. The lowest BCUT2D eigenvalue weighted by Crippen LogP contribution is -2.58. The molecule has 0 radical (unpaired) electrons. The van der Waals surface area contributed by atoms with Gasteiger partial charge in [0.15, 0.2) is 0 Å². The van der Waals surface area contributed by atoms with Crippen molar-refractivity contribution in [3.63, 3.8) is 0 Å². The number of piperazine rings is 1. The summed E-state index contributed by atoms with van der Waals surface area (Å²) in [5.74, 6) is -0.135. The Kier molecular flexibility index (Phi) is 8.08. The Bertz CT molecular complexity index is 985. The van der Waals surface area contributed by atoms with Crippen molar-refractivity contribution < 1.29 is 9.59 Å². The van der Waals surface area contributed by atoms with Crippen molar-refractivity contribution in [2.24, 2.45) is 5.92 Å². The van der Waals surface area contributed by atoms with Crippen LogP contribution in [-0.2, 0) is 22.6 Å². The van der Waals surface area contributed by atoms with E-state index in [9.17, 15) is 9.59 Å². The van der Waals surface area contributed by atoms with Gasteiger partial charge < -0.3 is 25.3 Å². The second-order valence-electron chi connectivity index (χ2n) is 9.43. The van der Waals surface area contributed by atoms with E-state index < -0.39 is 6.04 Å². The summed E-state index contributed by atoms with van der Waals surface area (Å²) in [5.41, 5.74) is 3.49. The second-order valence-corrected chi connectivity index (χ2v) is 9.86. The summed E-state index contributed by atoms with van der Waals surface area (Å²) in [6.45, 7) is 5.01. The maximum Gasteiger partial charge on any atom is 0.245 e. The minimum atomic E-state index is -0.582. The van der Waals surface area contributed by atoms with E-state index in [1.165, 1.54) is 11.3 Å². The van der Waals surface area contributed by atoms with Crippen LogP contribution in [0.4, 0.5) is 5.69 Å². The Morgan fingerprint density at radius 2 is 1.74 bits per heavy atom. The molecule has 0 aliphatic carbocycles. The fraction of sp³-hybridized carbons (Fsp3) is 0.462. The van der Waals surface area contributed by atoms with Gasteiger partial charge in [0.1, 0.15) is 6.04 Å². The average Bonchev–Trinajstić information content (AvgIpc) is 2.78. The first-order valence-electron chi connectivity index (χ1n) is 11.9. The molecule has 0 saturated carbocycles. The highest BCUT2D eigenvalue weighted by Gasteiger charge is 2.32. The number of anilines is 1. The molecule has 2 aromatic carbocycles. The molecule has 2 fully saturated rings. The van der Waals surface area contributed by atoms with E-state index in [-0.39, 0.29) is 17.7 Å². The van der Waals surface area contributed by atoms with Crippen LogP contribution in [-0.4, -0.2) is 81.0 Å². The van der Waals surface area contributed by atoms with Gasteiger partial charge in [0.2, 0.25) is 11.8 Å². The molecule has 2 aromatic rings.